The lowest BCUT2D eigenvalue weighted by molar-refractivity contribution is 0.0409. The Hall–Kier alpha value is -1.19. The van der Waals surface area contributed by atoms with Gasteiger partial charge in [0.2, 0.25) is 0 Å². The summed E-state index contributed by atoms with van der Waals surface area (Å²) >= 11 is 0. The van der Waals surface area contributed by atoms with Crippen molar-refractivity contribution in [1.29, 1.82) is 0 Å². The second-order valence-corrected chi connectivity index (χ2v) is 1.63. The van der Waals surface area contributed by atoms with Crippen molar-refractivity contribution < 1.29 is 14.4 Å². The zero-order chi connectivity index (χ0) is 7.98. The third-order valence-electron chi connectivity index (χ3n) is 0.895. The van der Waals surface area contributed by atoms with E-state index in [9.17, 15) is 4.79 Å². The molecule has 58 valence electrons. The summed E-state index contributed by atoms with van der Waals surface area (Å²) in [5, 5.41) is 0. The molecule has 0 aromatic rings. The van der Waals surface area contributed by atoms with Gasteiger partial charge in [0.05, 0.1) is 7.11 Å². The molecule has 10 heavy (non-hydrogen) atoms. The van der Waals surface area contributed by atoms with Crippen LogP contribution in [0.25, 0.3) is 0 Å². The highest BCUT2D eigenvalue weighted by Gasteiger charge is 1.97. The molecule has 0 heterocycles. The van der Waals surface area contributed by atoms with E-state index in [1.54, 1.807) is 13.0 Å². The average Bonchev–Trinajstić information content (AvgIpc) is 1.99. The van der Waals surface area contributed by atoms with Gasteiger partial charge in [-0.25, -0.2) is 10.3 Å². The van der Waals surface area contributed by atoms with E-state index in [0.29, 0.717) is 0 Å². The Balaban J connectivity index is 3.45. The summed E-state index contributed by atoms with van der Waals surface area (Å²) in [7, 11) is 1.25. The van der Waals surface area contributed by atoms with E-state index >= 15 is 0 Å². The number of nitrogens with one attached hydrogen (secondary N) is 1. The van der Waals surface area contributed by atoms with Gasteiger partial charge in [-0.3, -0.25) is 0 Å². The molecule has 0 aliphatic carbocycles. The van der Waals surface area contributed by atoms with Crippen LogP contribution < -0.4 is 5.48 Å². The Labute approximate surface area is 59.8 Å². The minimum absolute atomic E-state index is 0.749. The molecule has 0 saturated heterocycles. The standard InChI is InChI=1S/C6H11NO3/c1-4-5(2)7-10-6(8)9-3/h4,7H,1-3H3. The van der Waals surface area contributed by atoms with Gasteiger partial charge >= 0.3 is 6.16 Å². The maximum absolute atomic E-state index is 10.3. The second-order valence-electron chi connectivity index (χ2n) is 1.63. The third-order valence-corrected chi connectivity index (χ3v) is 0.895. The summed E-state index contributed by atoms with van der Waals surface area (Å²) in [5.74, 6) is 0. The van der Waals surface area contributed by atoms with Gasteiger partial charge in [-0.05, 0) is 13.8 Å². The quantitative estimate of drug-likeness (QED) is 0.468. The first kappa shape index (κ1) is 8.81. The molecule has 0 bridgehead atoms. The molecule has 0 amide bonds. The number of hydrogen-bond donors (Lipinski definition) is 1. The zero-order valence-electron chi connectivity index (χ0n) is 6.30. The van der Waals surface area contributed by atoms with Crippen LogP contribution in [0, 0.1) is 0 Å². The fourth-order valence-electron chi connectivity index (χ4n) is 0.223. The van der Waals surface area contributed by atoms with E-state index in [4.69, 9.17) is 0 Å². The predicted octanol–water partition coefficient (Wildman–Crippen LogP) is 1.20. The van der Waals surface area contributed by atoms with E-state index < -0.39 is 6.16 Å². The smallest absolute Gasteiger partial charge is 0.436 e. The Kier molecular flexibility index (Phi) is 4.11. The number of methoxy groups -OCH3 is 1. The molecule has 0 aromatic carbocycles. The van der Waals surface area contributed by atoms with Gasteiger partial charge in [0.25, 0.3) is 0 Å². The van der Waals surface area contributed by atoms with Crippen molar-refractivity contribution >= 4 is 6.16 Å². The topological polar surface area (TPSA) is 47.6 Å². The highest BCUT2D eigenvalue weighted by Crippen LogP contribution is 1.85. The molecule has 0 atom stereocenters. The first-order valence-corrected chi connectivity index (χ1v) is 2.84. The largest absolute Gasteiger partial charge is 0.532 e. The number of allylic oxidation sites excluding steroid dienone is 2. The Morgan fingerprint density at radius 3 is 2.60 bits per heavy atom. The first-order chi connectivity index (χ1) is 4.70. The Bertz CT molecular complexity index is 142. The van der Waals surface area contributed by atoms with Crippen molar-refractivity contribution in [2.45, 2.75) is 13.8 Å². The van der Waals surface area contributed by atoms with Crippen LogP contribution in [0.1, 0.15) is 13.8 Å². The van der Waals surface area contributed by atoms with Gasteiger partial charge in [-0.1, -0.05) is 6.08 Å². The molecule has 0 saturated carbocycles. The van der Waals surface area contributed by atoms with Crippen LogP contribution in [0.5, 0.6) is 0 Å². The first-order valence-electron chi connectivity index (χ1n) is 2.84. The SMILES string of the molecule is CC=C(C)NOC(=O)OC. The van der Waals surface area contributed by atoms with Crippen molar-refractivity contribution in [3.05, 3.63) is 11.8 Å². The van der Waals surface area contributed by atoms with Crippen molar-refractivity contribution in [2.24, 2.45) is 0 Å². The summed E-state index contributed by atoms with van der Waals surface area (Å²) in [4.78, 5) is 14.7. The fourth-order valence-corrected chi connectivity index (χ4v) is 0.223. The summed E-state index contributed by atoms with van der Waals surface area (Å²) < 4.78 is 4.19. The van der Waals surface area contributed by atoms with E-state index in [-0.39, 0.29) is 0 Å². The van der Waals surface area contributed by atoms with Crippen molar-refractivity contribution in [1.82, 2.24) is 5.48 Å². The molecule has 1 N–H and O–H groups in total. The minimum atomic E-state index is -0.749. The highest BCUT2D eigenvalue weighted by atomic mass is 16.8. The number of carbonyl (C=O) groups excluding carboxylic acids is 1. The van der Waals surface area contributed by atoms with Crippen molar-refractivity contribution in [3.8, 4) is 0 Å². The molecular formula is C6H11NO3. The fraction of sp³-hybridized carbons (Fsp3) is 0.500. The number of rotatable bonds is 2. The minimum Gasteiger partial charge on any atom is -0.436 e. The average molecular weight is 145 g/mol. The molecule has 4 heteroatoms. The number of hydrogen-bond acceptors (Lipinski definition) is 4. The highest BCUT2D eigenvalue weighted by molar-refractivity contribution is 5.59. The Morgan fingerprint density at radius 1 is 1.60 bits per heavy atom. The normalized spacial score (nSPS) is 10.5. The van der Waals surface area contributed by atoms with Gasteiger partial charge in [-0.15, -0.1) is 0 Å². The summed E-state index contributed by atoms with van der Waals surface area (Å²) in [5.41, 5.74) is 3.12. The molecule has 0 radical (unpaired) electrons. The molecular weight excluding hydrogens is 134 g/mol. The summed E-state index contributed by atoms with van der Waals surface area (Å²) in [6.07, 6.45) is 1.02. The number of hydroxylamine groups is 1. The number of carbonyl (C=O) groups is 1. The molecule has 0 fully saturated rings. The lowest BCUT2D eigenvalue weighted by atomic mass is 10.5. The van der Waals surface area contributed by atoms with Crippen LogP contribution in [0.3, 0.4) is 0 Å². The van der Waals surface area contributed by atoms with Gasteiger partial charge in [0.1, 0.15) is 0 Å². The van der Waals surface area contributed by atoms with E-state index in [2.05, 4.69) is 15.1 Å². The molecule has 4 nitrogen and oxygen atoms in total. The van der Waals surface area contributed by atoms with Gasteiger partial charge in [0.15, 0.2) is 0 Å². The van der Waals surface area contributed by atoms with Crippen molar-refractivity contribution in [3.63, 3.8) is 0 Å². The lowest BCUT2D eigenvalue weighted by Gasteiger charge is -2.03. The summed E-state index contributed by atoms with van der Waals surface area (Å²) in [6, 6.07) is 0. The van der Waals surface area contributed by atoms with Gasteiger partial charge in [0, 0.05) is 5.70 Å². The zero-order valence-corrected chi connectivity index (χ0v) is 6.30. The van der Waals surface area contributed by atoms with Gasteiger partial charge in [-0.2, -0.15) is 0 Å². The number of ether oxygens (including phenoxy) is 1. The second kappa shape index (κ2) is 4.67. The van der Waals surface area contributed by atoms with E-state index in [1.165, 1.54) is 7.11 Å². The van der Waals surface area contributed by atoms with Gasteiger partial charge < -0.3 is 9.57 Å². The lowest BCUT2D eigenvalue weighted by Crippen LogP contribution is -2.17. The van der Waals surface area contributed by atoms with Crippen molar-refractivity contribution in [2.75, 3.05) is 7.11 Å². The van der Waals surface area contributed by atoms with Crippen LogP contribution >= 0.6 is 0 Å². The molecule has 0 aliphatic rings. The van der Waals surface area contributed by atoms with Crippen LogP contribution in [0.2, 0.25) is 0 Å². The monoisotopic (exact) mass is 145 g/mol. The molecule has 0 rings (SSSR count). The molecule has 0 unspecified atom stereocenters. The third kappa shape index (κ3) is 3.77. The maximum Gasteiger partial charge on any atom is 0.532 e. The van der Waals surface area contributed by atoms with Crippen LogP contribution in [0.4, 0.5) is 4.79 Å². The van der Waals surface area contributed by atoms with E-state index in [0.717, 1.165) is 5.70 Å². The van der Waals surface area contributed by atoms with Crippen LogP contribution in [-0.4, -0.2) is 13.3 Å². The van der Waals surface area contributed by atoms with Crippen LogP contribution in [0.15, 0.2) is 11.8 Å². The van der Waals surface area contributed by atoms with E-state index in [1.807, 2.05) is 6.92 Å². The molecule has 0 spiro atoms. The molecule has 0 aromatic heterocycles. The summed E-state index contributed by atoms with van der Waals surface area (Å²) in [6.45, 7) is 3.59. The molecule has 0 aliphatic heterocycles. The maximum atomic E-state index is 10.3. The Morgan fingerprint density at radius 2 is 2.20 bits per heavy atom. The van der Waals surface area contributed by atoms with Crippen LogP contribution in [-0.2, 0) is 9.57 Å². The predicted molar refractivity (Wildman–Crippen MR) is 36.1 cm³/mol.